The molecule has 2 N–H and O–H groups in total. The molecule has 0 aliphatic carbocycles. The second-order valence-corrected chi connectivity index (χ2v) is 9.10. The van der Waals surface area contributed by atoms with E-state index in [9.17, 15) is 4.79 Å². The minimum Gasteiger partial charge on any atom is -0.497 e. The highest BCUT2D eigenvalue weighted by molar-refractivity contribution is 7.99. The van der Waals surface area contributed by atoms with Crippen LogP contribution >= 0.6 is 23.1 Å². The molecule has 2 aromatic heterocycles. The van der Waals surface area contributed by atoms with Crippen molar-refractivity contribution in [2.45, 2.75) is 18.5 Å². The van der Waals surface area contributed by atoms with Crippen LogP contribution in [-0.2, 0) is 4.79 Å². The smallest absolute Gasteiger partial charge is 0.226 e. The Morgan fingerprint density at radius 1 is 1.00 bits per heavy atom. The van der Waals surface area contributed by atoms with E-state index in [0.29, 0.717) is 17.3 Å². The molecule has 9 heteroatoms. The topological polar surface area (TPSA) is 89.1 Å². The molecule has 0 unspecified atom stereocenters. The molecule has 2 heterocycles. The average Bonchev–Trinajstić information content (AvgIpc) is 3.45. The largest absolute Gasteiger partial charge is 0.497 e. The number of ether oxygens (including phenoxy) is 2. The summed E-state index contributed by atoms with van der Waals surface area (Å²) in [5.74, 6) is 2.11. The summed E-state index contributed by atoms with van der Waals surface area (Å²) in [6.45, 7) is 1.90. The maximum Gasteiger partial charge on any atom is 0.226 e. The molecule has 33 heavy (non-hydrogen) atoms. The van der Waals surface area contributed by atoms with Crippen molar-refractivity contribution in [3.05, 3.63) is 59.6 Å². The van der Waals surface area contributed by atoms with Crippen LogP contribution in [0.1, 0.15) is 12.1 Å². The number of aryl methyl sites for hydroxylation is 1. The fourth-order valence-corrected chi connectivity index (χ4v) is 4.69. The maximum absolute atomic E-state index is 12.2. The zero-order chi connectivity index (χ0) is 23.2. The number of carbonyl (C=O) groups excluding carboxylic acids is 1. The third kappa shape index (κ3) is 5.74. The van der Waals surface area contributed by atoms with Gasteiger partial charge in [-0.1, -0.05) is 11.8 Å². The third-order valence-corrected chi connectivity index (χ3v) is 6.61. The van der Waals surface area contributed by atoms with Gasteiger partial charge in [0, 0.05) is 28.7 Å². The second kappa shape index (κ2) is 10.5. The molecule has 2 aromatic carbocycles. The Morgan fingerprint density at radius 3 is 2.21 bits per heavy atom. The molecule has 0 aliphatic heterocycles. The number of rotatable bonds is 9. The molecular weight excluding hydrogens is 456 g/mol. The summed E-state index contributed by atoms with van der Waals surface area (Å²) in [4.78, 5) is 24.8. The number of H-pyrrole nitrogens is 1. The lowest BCUT2D eigenvalue weighted by atomic mass is 10.0. The first-order valence-corrected chi connectivity index (χ1v) is 12.2. The van der Waals surface area contributed by atoms with E-state index in [-0.39, 0.29) is 5.91 Å². The predicted octanol–water partition coefficient (Wildman–Crippen LogP) is 5.65. The molecule has 0 saturated carbocycles. The van der Waals surface area contributed by atoms with Crippen molar-refractivity contribution < 1.29 is 14.3 Å². The first kappa shape index (κ1) is 22.9. The number of nitrogens with zero attached hydrogens (tertiary/aromatic N) is 2. The summed E-state index contributed by atoms with van der Waals surface area (Å²) in [7, 11) is 3.29. The highest BCUT2D eigenvalue weighted by Crippen LogP contribution is 2.34. The van der Waals surface area contributed by atoms with Gasteiger partial charge in [0.1, 0.15) is 11.5 Å². The SMILES string of the molecule is COc1ccc(-c2nc(SCCC(=O)Nc3nc(C)cs3)[nH]c2-c2ccc(OC)cc2)cc1. The van der Waals surface area contributed by atoms with Crippen LogP contribution in [0.5, 0.6) is 11.5 Å². The molecule has 170 valence electrons. The molecule has 0 radical (unpaired) electrons. The lowest BCUT2D eigenvalue weighted by molar-refractivity contribution is -0.115. The molecule has 0 spiro atoms. The van der Waals surface area contributed by atoms with Crippen molar-refractivity contribution in [3.8, 4) is 34.0 Å². The van der Waals surface area contributed by atoms with E-state index in [0.717, 1.165) is 44.9 Å². The number of aromatic nitrogens is 3. The standard InChI is InChI=1S/C24H24N4O3S2/c1-15-14-33-23(25-15)26-20(29)12-13-32-24-27-21(16-4-8-18(30-2)9-5-16)22(28-24)17-6-10-19(31-3)11-7-17/h4-11,14H,12-13H2,1-3H3,(H,27,28)(H,25,26,29). The monoisotopic (exact) mass is 480 g/mol. The Bertz CT molecular complexity index is 1150. The van der Waals surface area contributed by atoms with Crippen LogP contribution in [0.4, 0.5) is 5.13 Å². The molecular formula is C24H24N4O3S2. The van der Waals surface area contributed by atoms with Crippen molar-refractivity contribution in [1.29, 1.82) is 0 Å². The Morgan fingerprint density at radius 2 is 1.64 bits per heavy atom. The van der Waals surface area contributed by atoms with Crippen LogP contribution in [0.3, 0.4) is 0 Å². The summed E-state index contributed by atoms with van der Waals surface area (Å²) in [6, 6.07) is 15.6. The van der Waals surface area contributed by atoms with Gasteiger partial charge in [-0.05, 0) is 55.5 Å². The van der Waals surface area contributed by atoms with Crippen molar-refractivity contribution in [3.63, 3.8) is 0 Å². The van der Waals surface area contributed by atoms with Gasteiger partial charge in [-0.25, -0.2) is 9.97 Å². The zero-order valence-corrected chi connectivity index (χ0v) is 20.2. The number of aromatic amines is 1. The molecule has 0 bridgehead atoms. The van der Waals surface area contributed by atoms with E-state index in [4.69, 9.17) is 14.5 Å². The van der Waals surface area contributed by atoms with Gasteiger partial charge in [0.2, 0.25) is 5.91 Å². The highest BCUT2D eigenvalue weighted by atomic mass is 32.2. The molecule has 0 fully saturated rings. The predicted molar refractivity (Wildman–Crippen MR) is 133 cm³/mol. The lowest BCUT2D eigenvalue weighted by Crippen LogP contribution is -2.12. The normalized spacial score (nSPS) is 10.8. The minimum atomic E-state index is -0.0610. The number of hydrogen-bond donors (Lipinski definition) is 2. The third-order valence-electron chi connectivity index (χ3n) is 4.86. The molecule has 0 aliphatic rings. The summed E-state index contributed by atoms with van der Waals surface area (Å²) in [5, 5.41) is 6.13. The summed E-state index contributed by atoms with van der Waals surface area (Å²) in [6.07, 6.45) is 0.361. The summed E-state index contributed by atoms with van der Waals surface area (Å²) < 4.78 is 10.6. The Hall–Kier alpha value is -3.30. The highest BCUT2D eigenvalue weighted by Gasteiger charge is 2.16. The van der Waals surface area contributed by atoms with Gasteiger partial charge in [0.15, 0.2) is 10.3 Å². The van der Waals surface area contributed by atoms with Crippen LogP contribution in [0.15, 0.2) is 59.1 Å². The number of benzene rings is 2. The van der Waals surface area contributed by atoms with E-state index in [1.807, 2.05) is 60.8 Å². The van der Waals surface area contributed by atoms with Gasteiger partial charge in [-0.15, -0.1) is 11.3 Å². The number of thiazole rings is 1. The van der Waals surface area contributed by atoms with Crippen LogP contribution < -0.4 is 14.8 Å². The number of amides is 1. The van der Waals surface area contributed by atoms with Crippen molar-refractivity contribution >= 4 is 34.1 Å². The van der Waals surface area contributed by atoms with E-state index in [1.54, 1.807) is 14.2 Å². The number of nitrogens with one attached hydrogen (secondary N) is 2. The van der Waals surface area contributed by atoms with E-state index in [1.165, 1.54) is 23.1 Å². The van der Waals surface area contributed by atoms with Gasteiger partial charge in [-0.3, -0.25) is 4.79 Å². The molecule has 0 saturated heterocycles. The average molecular weight is 481 g/mol. The Balaban J connectivity index is 1.51. The first-order chi connectivity index (χ1) is 16.1. The van der Waals surface area contributed by atoms with Crippen LogP contribution in [0.2, 0.25) is 0 Å². The molecule has 1 amide bonds. The minimum absolute atomic E-state index is 0.0610. The molecule has 0 atom stereocenters. The molecule has 4 aromatic rings. The van der Waals surface area contributed by atoms with Crippen molar-refractivity contribution in [2.24, 2.45) is 0 Å². The fourth-order valence-electron chi connectivity index (χ4n) is 3.18. The number of hydrogen-bond acceptors (Lipinski definition) is 7. The number of thioether (sulfide) groups is 1. The van der Waals surface area contributed by atoms with E-state index < -0.39 is 0 Å². The lowest BCUT2D eigenvalue weighted by Gasteiger charge is -2.06. The zero-order valence-electron chi connectivity index (χ0n) is 18.5. The summed E-state index contributed by atoms with van der Waals surface area (Å²) in [5.41, 5.74) is 4.62. The number of methoxy groups -OCH3 is 2. The number of carbonyl (C=O) groups is 1. The van der Waals surface area contributed by atoms with Gasteiger partial charge in [0.25, 0.3) is 0 Å². The summed E-state index contributed by atoms with van der Waals surface area (Å²) >= 11 is 2.94. The Labute approximate surface area is 200 Å². The van der Waals surface area contributed by atoms with Gasteiger partial charge >= 0.3 is 0 Å². The fraction of sp³-hybridized carbons (Fsp3) is 0.208. The van der Waals surface area contributed by atoms with Gasteiger partial charge in [0.05, 0.1) is 31.3 Å². The second-order valence-electron chi connectivity index (χ2n) is 7.16. The van der Waals surface area contributed by atoms with Crippen LogP contribution in [-0.4, -0.2) is 40.8 Å². The van der Waals surface area contributed by atoms with E-state index >= 15 is 0 Å². The van der Waals surface area contributed by atoms with E-state index in [2.05, 4.69) is 15.3 Å². The molecule has 7 nitrogen and oxygen atoms in total. The van der Waals surface area contributed by atoms with Crippen LogP contribution in [0.25, 0.3) is 22.5 Å². The number of imidazole rings is 1. The first-order valence-electron chi connectivity index (χ1n) is 10.3. The van der Waals surface area contributed by atoms with Crippen LogP contribution in [0, 0.1) is 6.92 Å². The van der Waals surface area contributed by atoms with Gasteiger partial charge < -0.3 is 19.8 Å². The van der Waals surface area contributed by atoms with Crippen molar-refractivity contribution in [1.82, 2.24) is 15.0 Å². The Kier molecular flexibility index (Phi) is 7.31. The number of anilines is 1. The quantitative estimate of drug-likeness (QED) is 0.301. The molecule has 4 rings (SSSR count). The van der Waals surface area contributed by atoms with Crippen molar-refractivity contribution in [2.75, 3.05) is 25.3 Å². The maximum atomic E-state index is 12.2. The van der Waals surface area contributed by atoms with Gasteiger partial charge in [-0.2, -0.15) is 0 Å².